The van der Waals surface area contributed by atoms with Crippen molar-refractivity contribution in [3.63, 3.8) is 0 Å². The molecule has 2 nitrogen and oxygen atoms in total. The zero-order valence-corrected chi connectivity index (χ0v) is 7.65. The highest BCUT2D eigenvalue weighted by atomic mass is 32.2. The molecule has 1 N–H and O–H groups in total. The van der Waals surface area contributed by atoms with E-state index in [9.17, 15) is 0 Å². The van der Waals surface area contributed by atoms with Gasteiger partial charge in [-0.3, -0.25) is 0 Å². The Morgan fingerprint density at radius 1 is 1.30 bits per heavy atom. The first-order valence-electron chi connectivity index (χ1n) is 3.60. The highest BCUT2D eigenvalue weighted by Gasteiger charge is 1.90. The standard InChI is InChI=1S/C7H17NOS/c1-8(2)4-7-10-6-3-5-9/h9H,3-7H2,1-2H3. The van der Waals surface area contributed by atoms with Gasteiger partial charge >= 0.3 is 0 Å². The lowest BCUT2D eigenvalue weighted by atomic mass is 10.5. The topological polar surface area (TPSA) is 23.5 Å². The fraction of sp³-hybridized carbons (Fsp3) is 1.00. The number of rotatable bonds is 6. The van der Waals surface area contributed by atoms with Crippen LogP contribution in [-0.2, 0) is 0 Å². The second-order valence-electron chi connectivity index (χ2n) is 2.49. The Hall–Kier alpha value is 0.270. The molecule has 0 rings (SSSR count). The van der Waals surface area contributed by atoms with E-state index in [0.29, 0.717) is 6.61 Å². The number of hydrogen-bond acceptors (Lipinski definition) is 3. The van der Waals surface area contributed by atoms with Crippen LogP contribution in [0.3, 0.4) is 0 Å². The molecule has 3 heteroatoms. The summed E-state index contributed by atoms with van der Waals surface area (Å²) in [5, 5.41) is 8.45. The molecule has 0 heterocycles. The van der Waals surface area contributed by atoms with Crippen molar-refractivity contribution in [1.82, 2.24) is 4.90 Å². The van der Waals surface area contributed by atoms with Gasteiger partial charge in [-0.1, -0.05) is 0 Å². The molecule has 62 valence electrons. The van der Waals surface area contributed by atoms with Crippen LogP contribution in [0.5, 0.6) is 0 Å². The van der Waals surface area contributed by atoms with Crippen molar-refractivity contribution < 1.29 is 5.11 Å². The maximum Gasteiger partial charge on any atom is 0.0438 e. The Kier molecular flexibility index (Phi) is 7.58. The molecule has 0 radical (unpaired) electrons. The van der Waals surface area contributed by atoms with Gasteiger partial charge in [-0.15, -0.1) is 0 Å². The predicted molar refractivity (Wildman–Crippen MR) is 47.6 cm³/mol. The van der Waals surface area contributed by atoms with Gasteiger partial charge in [0.2, 0.25) is 0 Å². The van der Waals surface area contributed by atoms with Crippen LogP contribution < -0.4 is 0 Å². The average Bonchev–Trinajstić information content (AvgIpc) is 1.87. The average molecular weight is 163 g/mol. The first-order chi connectivity index (χ1) is 4.77. The number of hydrogen-bond donors (Lipinski definition) is 1. The molecule has 0 unspecified atom stereocenters. The fourth-order valence-electron chi connectivity index (χ4n) is 0.516. The summed E-state index contributed by atoms with van der Waals surface area (Å²) in [5.41, 5.74) is 0. The molecule has 10 heavy (non-hydrogen) atoms. The minimum atomic E-state index is 0.328. The third-order valence-corrected chi connectivity index (χ3v) is 2.18. The molecular formula is C7H17NOS. The Bertz CT molecular complexity index is 68.6. The fourth-order valence-corrected chi connectivity index (χ4v) is 1.55. The van der Waals surface area contributed by atoms with Crippen LogP contribution in [0.25, 0.3) is 0 Å². The van der Waals surface area contributed by atoms with Gasteiger partial charge in [0, 0.05) is 18.9 Å². The Labute approximate surface area is 67.6 Å². The minimum absolute atomic E-state index is 0.328. The van der Waals surface area contributed by atoms with Gasteiger partial charge in [0.25, 0.3) is 0 Å². The lowest BCUT2D eigenvalue weighted by Crippen LogP contribution is -2.15. The summed E-state index contributed by atoms with van der Waals surface area (Å²) in [6, 6.07) is 0. The van der Waals surface area contributed by atoms with Crippen LogP contribution in [0.2, 0.25) is 0 Å². The maximum atomic E-state index is 8.45. The summed E-state index contributed by atoms with van der Waals surface area (Å²) >= 11 is 1.90. The molecule has 0 aliphatic heterocycles. The molecular weight excluding hydrogens is 146 g/mol. The summed E-state index contributed by atoms with van der Waals surface area (Å²) in [5.74, 6) is 2.26. The summed E-state index contributed by atoms with van der Waals surface area (Å²) in [6.07, 6.45) is 0.929. The molecule has 0 bridgehead atoms. The van der Waals surface area contributed by atoms with Gasteiger partial charge in [0.1, 0.15) is 0 Å². The third-order valence-electron chi connectivity index (χ3n) is 1.13. The van der Waals surface area contributed by atoms with E-state index in [0.717, 1.165) is 18.7 Å². The predicted octanol–water partition coefficient (Wildman–Crippen LogP) is 0.664. The largest absolute Gasteiger partial charge is 0.396 e. The molecule has 0 aromatic heterocycles. The van der Waals surface area contributed by atoms with Gasteiger partial charge in [0.05, 0.1) is 0 Å². The van der Waals surface area contributed by atoms with Gasteiger partial charge < -0.3 is 10.0 Å². The molecule has 0 aliphatic rings. The lowest BCUT2D eigenvalue weighted by Gasteiger charge is -2.07. The van der Waals surface area contributed by atoms with E-state index >= 15 is 0 Å². The van der Waals surface area contributed by atoms with Crippen molar-refractivity contribution in [2.24, 2.45) is 0 Å². The summed E-state index contributed by atoms with van der Waals surface area (Å²) in [7, 11) is 4.15. The number of aliphatic hydroxyl groups is 1. The van der Waals surface area contributed by atoms with Crippen molar-refractivity contribution in [2.75, 3.05) is 38.8 Å². The molecule has 0 fully saturated rings. The first kappa shape index (κ1) is 10.3. The van der Waals surface area contributed by atoms with Gasteiger partial charge in [-0.05, 0) is 26.3 Å². The van der Waals surface area contributed by atoms with Crippen LogP contribution in [0, 0.1) is 0 Å². The smallest absolute Gasteiger partial charge is 0.0438 e. The van der Waals surface area contributed by atoms with E-state index in [1.54, 1.807) is 0 Å². The van der Waals surface area contributed by atoms with Gasteiger partial charge in [0.15, 0.2) is 0 Å². The second kappa shape index (κ2) is 7.38. The van der Waals surface area contributed by atoms with E-state index in [4.69, 9.17) is 5.11 Å². The third kappa shape index (κ3) is 8.27. The highest BCUT2D eigenvalue weighted by molar-refractivity contribution is 7.99. The SMILES string of the molecule is CN(C)CCSCCCO. The summed E-state index contributed by atoms with van der Waals surface area (Å²) < 4.78 is 0. The minimum Gasteiger partial charge on any atom is -0.396 e. The van der Waals surface area contributed by atoms with Crippen LogP contribution in [0.15, 0.2) is 0 Å². The van der Waals surface area contributed by atoms with Crippen LogP contribution in [-0.4, -0.2) is 48.8 Å². The zero-order chi connectivity index (χ0) is 7.82. The molecule has 0 atom stereocenters. The van der Waals surface area contributed by atoms with Gasteiger partial charge in [-0.2, -0.15) is 11.8 Å². The number of aliphatic hydroxyl groups excluding tert-OH is 1. The van der Waals surface area contributed by atoms with Crippen LogP contribution in [0.4, 0.5) is 0 Å². The Morgan fingerprint density at radius 3 is 2.50 bits per heavy atom. The molecule has 0 amide bonds. The molecule has 0 saturated carbocycles. The molecule has 0 saturated heterocycles. The highest BCUT2D eigenvalue weighted by Crippen LogP contribution is 2.00. The van der Waals surface area contributed by atoms with Crippen molar-refractivity contribution in [2.45, 2.75) is 6.42 Å². The molecule has 0 aliphatic carbocycles. The van der Waals surface area contributed by atoms with E-state index in [-0.39, 0.29) is 0 Å². The van der Waals surface area contributed by atoms with Crippen molar-refractivity contribution >= 4 is 11.8 Å². The van der Waals surface area contributed by atoms with E-state index in [2.05, 4.69) is 19.0 Å². The van der Waals surface area contributed by atoms with Gasteiger partial charge in [-0.25, -0.2) is 0 Å². The van der Waals surface area contributed by atoms with Crippen molar-refractivity contribution in [3.8, 4) is 0 Å². The summed E-state index contributed by atoms with van der Waals surface area (Å²) in [4.78, 5) is 2.17. The monoisotopic (exact) mass is 163 g/mol. The van der Waals surface area contributed by atoms with E-state index in [1.165, 1.54) is 5.75 Å². The molecule has 0 aromatic carbocycles. The number of nitrogens with zero attached hydrogens (tertiary/aromatic N) is 1. The quantitative estimate of drug-likeness (QED) is 0.582. The second-order valence-corrected chi connectivity index (χ2v) is 3.72. The number of thioether (sulfide) groups is 1. The zero-order valence-electron chi connectivity index (χ0n) is 6.84. The lowest BCUT2D eigenvalue weighted by molar-refractivity contribution is 0.296. The van der Waals surface area contributed by atoms with E-state index < -0.39 is 0 Å². The Balaban J connectivity index is 2.77. The van der Waals surface area contributed by atoms with Crippen molar-refractivity contribution in [3.05, 3.63) is 0 Å². The van der Waals surface area contributed by atoms with Crippen molar-refractivity contribution in [1.29, 1.82) is 0 Å². The molecule has 0 aromatic rings. The first-order valence-corrected chi connectivity index (χ1v) is 4.76. The normalized spacial score (nSPS) is 10.8. The van der Waals surface area contributed by atoms with E-state index in [1.807, 2.05) is 11.8 Å². The maximum absolute atomic E-state index is 8.45. The Morgan fingerprint density at radius 2 is 2.00 bits per heavy atom. The summed E-state index contributed by atoms with van der Waals surface area (Å²) in [6.45, 7) is 1.46. The van der Waals surface area contributed by atoms with Crippen LogP contribution >= 0.6 is 11.8 Å². The molecule has 0 spiro atoms. The van der Waals surface area contributed by atoms with Crippen LogP contribution in [0.1, 0.15) is 6.42 Å².